The molecule has 0 saturated carbocycles. The van der Waals surface area contributed by atoms with Gasteiger partial charge in [-0.1, -0.05) is 6.58 Å². The Morgan fingerprint density at radius 1 is 1.21 bits per heavy atom. The van der Waals surface area contributed by atoms with Gasteiger partial charge in [-0.15, -0.1) is 0 Å². The summed E-state index contributed by atoms with van der Waals surface area (Å²) in [4.78, 5) is 45.0. The molecule has 0 unspecified atom stereocenters. The van der Waals surface area contributed by atoms with Crippen LogP contribution >= 0.6 is 0 Å². The number of carbonyl (C=O) groups is 4. The van der Waals surface area contributed by atoms with E-state index < -0.39 is 34.2 Å². The van der Waals surface area contributed by atoms with Gasteiger partial charge in [-0.3, -0.25) is 9.28 Å². The van der Waals surface area contributed by atoms with E-state index in [1.165, 1.54) is 21.0 Å². The number of nitrogens with zero attached hydrogens (tertiary/aromatic N) is 1. The molecule has 106 valence electrons. The smallest absolute Gasteiger partial charge is 0.378 e. The molecule has 0 rings (SSSR count). The largest absolute Gasteiger partial charge is 0.476 e. The number of hydrogen-bond donors (Lipinski definition) is 2. The van der Waals surface area contributed by atoms with Crippen molar-refractivity contribution in [3.05, 3.63) is 12.2 Å². The number of quaternary nitrogens is 1. The Balaban J connectivity index is 5.77. The molecule has 0 bridgehead atoms. The van der Waals surface area contributed by atoms with Crippen molar-refractivity contribution in [3.63, 3.8) is 0 Å². The van der Waals surface area contributed by atoms with E-state index in [-0.39, 0.29) is 18.4 Å². The Morgan fingerprint density at radius 3 is 1.89 bits per heavy atom. The van der Waals surface area contributed by atoms with Crippen molar-refractivity contribution in [2.75, 3.05) is 20.6 Å². The number of carboxylic acid groups (broad SMARTS) is 2. The molecule has 0 aromatic heterocycles. The number of aliphatic carboxylic acids is 2. The van der Waals surface area contributed by atoms with E-state index in [1.54, 1.807) is 0 Å². The van der Waals surface area contributed by atoms with Crippen LogP contribution in [-0.4, -0.2) is 64.9 Å². The third-order valence-corrected chi connectivity index (χ3v) is 3.13. The molecule has 19 heavy (non-hydrogen) atoms. The fourth-order valence-electron chi connectivity index (χ4n) is 1.78. The SMILES string of the molecule is C=C(C)C(=O)C[N+](C)(C)C(CC=O)(C(=O)O)C(=O)O. The number of likely N-dealkylation sites (N-methyl/N-ethyl adjacent to an activating group) is 1. The maximum Gasteiger partial charge on any atom is 0.378 e. The number of ketones is 1. The van der Waals surface area contributed by atoms with Gasteiger partial charge >= 0.3 is 17.5 Å². The van der Waals surface area contributed by atoms with E-state index in [0.29, 0.717) is 0 Å². The quantitative estimate of drug-likeness (QED) is 0.272. The Bertz CT molecular complexity index is 424. The monoisotopic (exact) mass is 272 g/mol. The molecule has 0 aromatic carbocycles. The second-order valence-electron chi connectivity index (χ2n) is 4.89. The zero-order valence-corrected chi connectivity index (χ0v) is 11.2. The van der Waals surface area contributed by atoms with Crippen LogP contribution in [0.3, 0.4) is 0 Å². The standard InChI is InChI=1S/C12H17NO6/c1-8(2)9(15)7-13(3,4)12(5-6-14,10(16)17)11(18)19/h6H,1,5,7H2,2-4H3,(H-,16,17,18,19)/p+1. The van der Waals surface area contributed by atoms with Crippen LogP contribution in [0, 0.1) is 0 Å². The predicted octanol–water partition coefficient (Wildman–Crippen LogP) is -0.295. The minimum Gasteiger partial charge on any atom is -0.476 e. The molecular formula is C12H18NO6+. The van der Waals surface area contributed by atoms with Gasteiger partial charge in [0.1, 0.15) is 12.8 Å². The molecule has 2 N–H and O–H groups in total. The molecule has 0 amide bonds. The summed E-state index contributed by atoms with van der Waals surface area (Å²) in [7, 11) is 2.57. The molecule has 7 nitrogen and oxygen atoms in total. The topological polar surface area (TPSA) is 109 Å². The normalized spacial score (nSPS) is 11.7. The van der Waals surface area contributed by atoms with E-state index >= 15 is 0 Å². The number of carboxylic acids is 2. The average molecular weight is 272 g/mol. The van der Waals surface area contributed by atoms with Crippen LogP contribution in [0.1, 0.15) is 13.3 Å². The summed E-state index contributed by atoms with van der Waals surface area (Å²) in [6.07, 6.45) is -0.498. The van der Waals surface area contributed by atoms with E-state index in [9.17, 15) is 29.4 Å². The van der Waals surface area contributed by atoms with Gasteiger partial charge < -0.3 is 15.0 Å². The second kappa shape index (κ2) is 5.75. The molecule has 0 spiro atoms. The molecular weight excluding hydrogens is 254 g/mol. The number of hydrogen-bond acceptors (Lipinski definition) is 4. The first kappa shape index (κ1) is 17.0. The highest BCUT2D eigenvalue weighted by molar-refractivity contribution is 6.04. The zero-order chi connectivity index (χ0) is 15.4. The Kier molecular flexibility index (Phi) is 5.14. The summed E-state index contributed by atoms with van der Waals surface area (Å²) in [5, 5.41) is 18.4. The lowest BCUT2D eigenvalue weighted by Gasteiger charge is -2.41. The highest BCUT2D eigenvalue weighted by Crippen LogP contribution is 2.26. The van der Waals surface area contributed by atoms with E-state index in [4.69, 9.17) is 0 Å². The van der Waals surface area contributed by atoms with Crippen LogP contribution in [0.5, 0.6) is 0 Å². The Hall–Kier alpha value is -2.02. The summed E-state index contributed by atoms with van der Waals surface area (Å²) >= 11 is 0. The van der Waals surface area contributed by atoms with Crippen molar-refractivity contribution in [1.82, 2.24) is 0 Å². The summed E-state index contributed by atoms with van der Waals surface area (Å²) in [6.45, 7) is 4.51. The Labute approximate surface area is 110 Å². The number of carbonyl (C=O) groups excluding carboxylic acids is 2. The van der Waals surface area contributed by atoms with Gasteiger partial charge in [-0.05, 0) is 12.5 Å². The van der Waals surface area contributed by atoms with Gasteiger partial charge in [0, 0.05) is 0 Å². The predicted molar refractivity (Wildman–Crippen MR) is 65.5 cm³/mol. The van der Waals surface area contributed by atoms with Crippen molar-refractivity contribution in [1.29, 1.82) is 0 Å². The van der Waals surface area contributed by atoms with Gasteiger partial charge in [0.25, 0.3) is 0 Å². The van der Waals surface area contributed by atoms with Crippen LogP contribution in [0.25, 0.3) is 0 Å². The van der Waals surface area contributed by atoms with Crippen molar-refractivity contribution < 1.29 is 33.9 Å². The van der Waals surface area contributed by atoms with Crippen LogP contribution < -0.4 is 0 Å². The fraction of sp³-hybridized carbons (Fsp3) is 0.500. The van der Waals surface area contributed by atoms with Crippen LogP contribution in [-0.2, 0) is 19.2 Å². The summed E-state index contributed by atoms with van der Waals surface area (Å²) in [5.41, 5.74) is -2.20. The molecule has 0 atom stereocenters. The van der Waals surface area contributed by atoms with Crippen LogP contribution in [0.4, 0.5) is 0 Å². The summed E-state index contributed by atoms with van der Waals surface area (Å²) in [5.74, 6) is -3.78. The summed E-state index contributed by atoms with van der Waals surface area (Å²) < 4.78 is -0.678. The highest BCUT2D eigenvalue weighted by Gasteiger charge is 2.60. The van der Waals surface area contributed by atoms with Gasteiger partial charge in [0.2, 0.25) is 5.78 Å². The Morgan fingerprint density at radius 2 is 1.63 bits per heavy atom. The van der Waals surface area contributed by atoms with Crippen molar-refractivity contribution in [2.45, 2.75) is 18.9 Å². The molecule has 0 aliphatic carbocycles. The van der Waals surface area contributed by atoms with Crippen molar-refractivity contribution >= 4 is 24.0 Å². The first-order valence-electron chi connectivity index (χ1n) is 5.45. The lowest BCUT2D eigenvalue weighted by atomic mass is 9.90. The van der Waals surface area contributed by atoms with Gasteiger partial charge in [-0.25, -0.2) is 9.59 Å². The molecule has 0 fully saturated rings. The minimum absolute atomic E-state index is 0.196. The number of Topliss-reactive ketones (excluding diaryl/α,β-unsaturated/α-hetero) is 1. The molecule has 0 aliphatic heterocycles. The first-order valence-corrected chi connectivity index (χ1v) is 5.45. The van der Waals surface area contributed by atoms with Crippen LogP contribution in [0.15, 0.2) is 12.2 Å². The maximum absolute atomic E-state index is 11.7. The van der Waals surface area contributed by atoms with Crippen molar-refractivity contribution in [3.8, 4) is 0 Å². The molecule has 0 radical (unpaired) electrons. The highest BCUT2D eigenvalue weighted by atomic mass is 16.4. The van der Waals surface area contributed by atoms with E-state index in [2.05, 4.69) is 6.58 Å². The number of aldehydes is 1. The van der Waals surface area contributed by atoms with Crippen molar-refractivity contribution in [2.24, 2.45) is 0 Å². The zero-order valence-electron chi connectivity index (χ0n) is 11.2. The summed E-state index contributed by atoms with van der Waals surface area (Å²) in [6, 6.07) is 0. The molecule has 0 heterocycles. The molecule has 0 aliphatic rings. The van der Waals surface area contributed by atoms with Crippen LogP contribution in [0.2, 0.25) is 0 Å². The second-order valence-corrected chi connectivity index (χ2v) is 4.89. The molecule has 0 saturated heterocycles. The first-order chi connectivity index (χ1) is 8.52. The lowest BCUT2D eigenvalue weighted by Crippen LogP contribution is -2.69. The van der Waals surface area contributed by atoms with Gasteiger partial charge in [-0.2, -0.15) is 0 Å². The minimum atomic E-state index is -2.40. The molecule has 7 heteroatoms. The average Bonchev–Trinajstić information content (AvgIpc) is 2.23. The third kappa shape index (κ3) is 3.05. The number of rotatable bonds is 8. The van der Waals surface area contributed by atoms with E-state index in [1.807, 2.05) is 0 Å². The molecule has 0 aromatic rings. The van der Waals surface area contributed by atoms with Gasteiger partial charge in [0.05, 0.1) is 20.5 Å². The third-order valence-electron chi connectivity index (χ3n) is 3.13. The maximum atomic E-state index is 11.7. The lowest BCUT2D eigenvalue weighted by molar-refractivity contribution is -0.914. The van der Waals surface area contributed by atoms with Gasteiger partial charge in [0.15, 0.2) is 0 Å². The van der Waals surface area contributed by atoms with E-state index in [0.717, 1.165) is 0 Å². The fourth-order valence-corrected chi connectivity index (χ4v) is 1.78.